The van der Waals surface area contributed by atoms with Crippen LogP contribution in [0.15, 0.2) is 18.2 Å². The molecular weight excluding hydrogens is 273 g/mol. The predicted molar refractivity (Wildman–Crippen MR) is 68.3 cm³/mol. The molecule has 2 N–H and O–H groups in total. The number of nitrogens with one attached hydrogen (secondary N) is 1. The summed E-state index contributed by atoms with van der Waals surface area (Å²) in [5.41, 5.74) is 0.621. The zero-order chi connectivity index (χ0) is 14.0. The summed E-state index contributed by atoms with van der Waals surface area (Å²) in [5.74, 6) is -0.981. The maximum absolute atomic E-state index is 13.4. The number of hydrogen-bond donors (Lipinski definition) is 2. The maximum Gasteiger partial charge on any atom is 0.248 e. The van der Waals surface area contributed by atoms with Crippen LogP contribution in [0.2, 0.25) is 5.02 Å². The van der Waals surface area contributed by atoms with Gasteiger partial charge in [-0.2, -0.15) is 0 Å². The highest BCUT2D eigenvalue weighted by molar-refractivity contribution is 6.30. The van der Waals surface area contributed by atoms with Gasteiger partial charge in [0.1, 0.15) is 18.0 Å². The average Bonchev–Trinajstić information content (AvgIpc) is 2.80. The summed E-state index contributed by atoms with van der Waals surface area (Å²) in [5, 5.41) is 11.9. The fraction of sp³-hybridized carbons (Fsp3) is 0.462. The Morgan fingerprint density at radius 1 is 1.63 bits per heavy atom. The maximum atomic E-state index is 13.4. The normalized spacial score (nSPS) is 24.2. The van der Waals surface area contributed by atoms with Crippen molar-refractivity contribution in [1.29, 1.82) is 0 Å². The number of carbonyl (C=O) groups excluding carboxylic acids is 1. The predicted octanol–water partition coefficient (Wildman–Crippen LogP) is 1.81. The van der Waals surface area contributed by atoms with Crippen molar-refractivity contribution in [3.63, 3.8) is 0 Å². The van der Waals surface area contributed by atoms with E-state index in [1.54, 1.807) is 6.07 Å². The number of rotatable bonds is 3. The van der Waals surface area contributed by atoms with Crippen LogP contribution >= 0.6 is 11.6 Å². The number of aliphatic hydroxyl groups is 1. The number of carbonyl (C=O) groups is 1. The Hall–Kier alpha value is -1.17. The molecule has 1 aromatic rings. The van der Waals surface area contributed by atoms with Crippen molar-refractivity contribution in [1.82, 2.24) is 5.32 Å². The van der Waals surface area contributed by atoms with Crippen molar-refractivity contribution in [3.8, 4) is 0 Å². The first-order chi connectivity index (χ1) is 8.99. The molecule has 1 saturated heterocycles. The molecule has 1 amide bonds. The number of aliphatic hydroxyl groups excluding tert-OH is 1. The lowest BCUT2D eigenvalue weighted by molar-refractivity contribution is -0.129. The fourth-order valence-electron chi connectivity index (χ4n) is 2.06. The van der Waals surface area contributed by atoms with E-state index in [9.17, 15) is 14.3 Å². The third-order valence-electron chi connectivity index (χ3n) is 3.07. The summed E-state index contributed by atoms with van der Waals surface area (Å²) in [4.78, 5) is 11.5. The minimum Gasteiger partial charge on any atom is -0.384 e. The van der Waals surface area contributed by atoms with Gasteiger partial charge in [-0.05, 0) is 31.0 Å². The molecule has 0 saturated carbocycles. The van der Waals surface area contributed by atoms with Crippen molar-refractivity contribution in [2.75, 3.05) is 6.61 Å². The van der Waals surface area contributed by atoms with Crippen LogP contribution in [0, 0.1) is 5.82 Å². The first-order valence-corrected chi connectivity index (χ1v) is 6.42. The van der Waals surface area contributed by atoms with Gasteiger partial charge in [-0.3, -0.25) is 4.79 Å². The van der Waals surface area contributed by atoms with Crippen molar-refractivity contribution < 1.29 is 19.0 Å². The molecule has 0 bridgehead atoms. The van der Waals surface area contributed by atoms with Crippen LogP contribution in [0.4, 0.5) is 4.39 Å². The van der Waals surface area contributed by atoms with Crippen molar-refractivity contribution in [2.24, 2.45) is 0 Å². The standard InChI is InChI=1S/C13H15ClFNO3/c1-7(17)13(18)16-11-4-5-19-12(11)8-2-3-9(14)10(15)6-8/h2-3,6-7,11-12,17H,4-5H2,1H3,(H,16,18). The van der Waals surface area contributed by atoms with Gasteiger partial charge in [0, 0.05) is 6.61 Å². The second-order valence-corrected chi connectivity index (χ2v) is 4.95. The van der Waals surface area contributed by atoms with Gasteiger partial charge >= 0.3 is 0 Å². The van der Waals surface area contributed by atoms with E-state index in [1.165, 1.54) is 19.1 Å². The first-order valence-electron chi connectivity index (χ1n) is 6.04. The summed E-state index contributed by atoms with van der Waals surface area (Å²) < 4.78 is 19.0. The Morgan fingerprint density at radius 3 is 3.00 bits per heavy atom. The molecule has 0 spiro atoms. The van der Waals surface area contributed by atoms with Crippen LogP contribution in [-0.2, 0) is 9.53 Å². The molecule has 0 radical (unpaired) electrons. The zero-order valence-electron chi connectivity index (χ0n) is 10.4. The molecule has 0 aromatic heterocycles. The van der Waals surface area contributed by atoms with Crippen molar-refractivity contribution >= 4 is 17.5 Å². The van der Waals surface area contributed by atoms with Crippen LogP contribution in [0.5, 0.6) is 0 Å². The third-order valence-corrected chi connectivity index (χ3v) is 3.38. The molecular formula is C13H15ClFNO3. The lowest BCUT2D eigenvalue weighted by Gasteiger charge is -2.21. The van der Waals surface area contributed by atoms with Crippen LogP contribution in [0.25, 0.3) is 0 Å². The van der Waals surface area contributed by atoms with Crippen LogP contribution in [-0.4, -0.2) is 29.8 Å². The van der Waals surface area contributed by atoms with Gasteiger partial charge in [-0.15, -0.1) is 0 Å². The van der Waals surface area contributed by atoms with Gasteiger partial charge in [0.15, 0.2) is 0 Å². The van der Waals surface area contributed by atoms with Gasteiger partial charge in [-0.25, -0.2) is 4.39 Å². The quantitative estimate of drug-likeness (QED) is 0.891. The molecule has 6 heteroatoms. The first kappa shape index (κ1) is 14.2. The highest BCUT2D eigenvalue weighted by Gasteiger charge is 2.32. The van der Waals surface area contributed by atoms with Gasteiger partial charge in [0.2, 0.25) is 5.91 Å². The highest BCUT2D eigenvalue weighted by Crippen LogP contribution is 2.31. The molecule has 3 atom stereocenters. The van der Waals surface area contributed by atoms with Crippen LogP contribution in [0.1, 0.15) is 25.0 Å². The van der Waals surface area contributed by atoms with Gasteiger partial charge in [0.25, 0.3) is 0 Å². The molecule has 3 unspecified atom stereocenters. The van der Waals surface area contributed by atoms with E-state index < -0.39 is 23.9 Å². The second kappa shape index (κ2) is 5.86. The van der Waals surface area contributed by atoms with Gasteiger partial charge in [-0.1, -0.05) is 17.7 Å². The van der Waals surface area contributed by atoms with Crippen molar-refractivity contribution in [3.05, 3.63) is 34.6 Å². The molecule has 1 aliphatic rings. The van der Waals surface area contributed by atoms with E-state index >= 15 is 0 Å². The van der Waals surface area contributed by atoms with E-state index in [4.69, 9.17) is 16.3 Å². The Kier molecular flexibility index (Phi) is 4.39. The number of amides is 1. The summed E-state index contributed by atoms with van der Waals surface area (Å²) in [6.45, 7) is 1.86. The summed E-state index contributed by atoms with van der Waals surface area (Å²) in [7, 11) is 0. The highest BCUT2D eigenvalue weighted by atomic mass is 35.5. The number of benzene rings is 1. The number of hydrogen-bond acceptors (Lipinski definition) is 3. The van der Waals surface area contributed by atoms with Gasteiger partial charge in [0.05, 0.1) is 11.1 Å². The van der Waals surface area contributed by atoms with Crippen molar-refractivity contribution in [2.45, 2.75) is 31.6 Å². The lowest BCUT2D eigenvalue weighted by Crippen LogP contribution is -2.41. The summed E-state index contributed by atoms with van der Waals surface area (Å²) in [6.07, 6.45) is -0.884. The average molecular weight is 288 g/mol. The molecule has 1 heterocycles. The monoisotopic (exact) mass is 287 g/mol. The molecule has 1 aliphatic heterocycles. The minimum atomic E-state index is -1.08. The zero-order valence-corrected chi connectivity index (χ0v) is 11.2. The Balaban J connectivity index is 2.14. The van der Waals surface area contributed by atoms with E-state index in [2.05, 4.69) is 5.32 Å². The number of ether oxygens (including phenoxy) is 1. The SMILES string of the molecule is CC(O)C(=O)NC1CCOC1c1ccc(Cl)c(F)c1. The number of halogens is 2. The third kappa shape index (κ3) is 3.23. The molecule has 2 rings (SSSR count). The smallest absolute Gasteiger partial charge is 0.248 e. The Labute approximate surface area is 115 Å². The molecule has 1 fully saturated rings. The summed E-state index contributed by atoms with van der Waals surface area (Å²) in [6, 6.07) is 4.16. The van der Waals surface area contributed by atoms with E-state index in [-0.39, 0.29) is 11.1 Å². The molecule has 104 valence electrons. The second-order valence-electron chi connectivity index (χ2n) is 4.54. The fourth-order valence-corrected chi connectivity index (χ4v) is 2.18. The Morgan fingerprint density at radius 2 is 2.37 bits per heavy atom. The molecule has 1 aromatic carbocycles. The molecule has 0 aliphatic carbocycles. The molecule has 19 heavy (non-hydrogen) atoms. The molecule has 4 nitrogen and oxygen atoms in total. The van der Waals surface area contributed by atoms with E-state index in [0.717, 1.165) is 0 Å². The van der Waals surface area contributed by atoms with Crippen LogP contribution in [0.3, 0.4) is 0 Å². The van der Waals surface area contributed by atoms with Gasteiger partial charge < -0.3 is 15.2 Å². The van der Waals surface area contributed by atoms with E-state index in [1.807, 2.05) is 0 Å². The Bertz CT molecular complexity index is 481. The van der Waals surface area contributed by atoms with Crippen LogP contribution < -0.4 is 5.32 Å². The lowest BCUT2D eigenvalue weighted by atomic mass is 10.0. The largest absolute Gasteiger partial charge is 0.384 e. The topological polar surface area (TPSA) is 58.6 Å². The summed E-state index contributed by atoms with van der Waals surface area (Å²) >= 11 is 5.63. The van der Waals surface area contributed by atoms with E-state index in [0.29, 0.717) is 18.6 Å². The minimum absolute atomic E-state index is 0.0475.